The number of nitrogens with zero attached hydrogens (tertiary/aromatic N) is 1. The molecule has 0 aliphatic carbocycles. The summed E-state index contributed by atoms with van der Waals surface area (Å²) in [5.74, 6) is 0.0108. The van der Waals surface area contributed by atoms with Crippen LogP contribution >= 0.6 is 11.3 Å². The molecule has 1 unspecified atom stereocenters. The summed E-state index contributed by atoms with van der Waals surface area (Å²) in [6.07, 6.45) is 1.01. The molecule has 0 radical (unpaired) electrons. The van der Waals surface area contributed by atoms with Gasteiger partial charge in [0, 0.05) is 18.2 Å². The van der Waals surface area contributed by atoms with Crippen molar-refractivity contribution >= 4 is 27.5 Å². The fraction of sp³-hybridized carbons (Fsp3) is 0.385. The molecule has 0 spiro atoms. The van der Waals surface area contributed by atoms with Crippen molar-refractivity contribution in [2.75, 3.05) is 13.1 Å². The van der Waals surface area contributed by atoms with Gasteiger partial charge in [0.05, 0.1) is 15.2 Å². The van der Waals surface area contributed by atoms with Gasteiger partial charge in [-0.3, -0.25) is 4.79 Å². The number of carbonyl (C=O) groups excluding carboxylic acids is 1. The van der Waals surface area contributed by atoms with Crippen LogP contribution in [0.25, 0.3) is 10.2 Å². The van der Waals surface area contributed by atoms with Crippen LogP contribution in [0.15, 0.2) is 18.2 Å². The van der Waals surface area contributed by atoms with Crippen LogP contribution in [0.2, 0.25) is 0 Å². The molecule has 5 heteroatoms. The van der Waals surface area contributed by atoms with E-state index in [0.29, 0.717) is 0 Å². The van der Waals surface area contributed by atoms with Crippen LogP contribution in [-0.4, -0.2) is 30.0 Å². The van der Waals surface area contributed by atoms with Crippen molar-refractivity contribution < 1.29 is 4.79 Å². The first kappa shape index (κ1) is 11.6. The third-order valence-electron chi connectivity index (χ3n) is 3.15. The number of amides is 1. The van der Waals surface area contributed by atoms with E-state index in [4.69, 9.17) is 0 Å². The lowest BCUT2D eigenvalue weighted by Crippen LogP contribution is -2.36. The molecule has 0 bridgehead atoms. The van der Waals surface area contributed by atoms with Gasteiger partial charge >= 0.3 is 0 Å². The molecule has 1 atom stereocenters. The van der Waals surface area contributed by atoms with Crippen molar-refractivity contribution in [3.8, 4) is 0 Å². The van der Waals surface area contributed by atoms with E-state index in [1.807, 2.05) is 25.1 Å². The van der Waals surface area contributed by atoms with Gasteiger partial charge in [-0.15, -0.1) is 11.3 Å². The van der Waals surface area contributed by atoms with Crippen LogP contribution < -0.4 is 10.6 Å². The monoisotopic (exact) mass is 261 g/mol. The molecule has 1 amide bonds. The minimum Gasteiger partial charge on any atom is -0.348 e. The Bertz CT molecular complexity index is 587. The Kier molecular flexibility index (Phi) is 3.01. The second-order valence-electron chi connectivity index (χ2n) is 4.58. The summed E-state index contributed by atoms with van der Waals surface area (Å²) in [5, 5.41) is 7.32. The third kappa shape index (κ3) is 2.23. The summed E-state index contributed by atoms with van der Waals surface area (Å²) in [7, 11) is 0. The maximum absolute atomic E-state index is 12.1. The van der Waals surface area contributed by atoms with Crippen molar-refractivity contribution in [3.05, 3.63) is 28.8 Å². The third-order valence-corrected chi connectivity index (χ3v) is 4.09. The van der Waals surface area contributed by atoms with Crippen LogP contribution in [0.3, 0.4) is 0 Å². The van der Waals surface area contributed by atoms with Gasteiger partial charge in [-0.25, -0.2) is 4.98 Å². The Labute approximate surface area is 109 Å². The van der Waals surface area contributed by atoms with Crippen LogP contribution in [0.5, 0.6) is 0 Å². The average molecular weight is 261 g/mol. The molecule has 2 N–H and O–H groups in total. The number of aryl methyl sites for hydroxylation is 1. The largest absolute Gasteiger partial charge is 0.348 e. The van der Waals surface area contributed by atoms with E-state index in [1.165, 1.54) is 0 Å². The van der Waals surface area contributed by atoms with Crippen LogP contribution in [0.4, 0.5) is 0 Å². The minimum atomic E-state index is 0.0108. The zero-order chi connectivity index (χ0) is 12.5. The topological polar surface area (TPSA) is 54.0 Å². The van der Waals surface area contributed by atoms with Gasteiger partial charge in [-0.2, -0.15) is 0 Å². The molecule has 2 aromatic rings. The SMILES string of the molecule is Cc1nc2ccc(C(=O)NC3CCNC3)cc2s1. The summed E-state index contributed by atoms with van der Waals surface area (Å²) >= 11 is 1.62. The molecule has 1 aliphatic heterocycles. The van der Waals surface area contributed by atoms with Gasteiger partial charge in [0.1, 0.15) is 0 Å². The summed E-state index contributed by atoms with van der Waals surface area (Å²) in [6, 6.07) is 5.95. The molecular formula is C13H15N3OS. The van der Waals surface area contributed by atoms with Crippen LogP contribution in [0, 0.1) is 6.92 Å². The highest BCUT2D eigenvalue weighted by Gasteiger charge is 2.17. The van der Waals surface area contributed by atoms with E-state index in [-0.39, 0.29) is 11.9 Å². The summed E-state index contributed by atoms with van der Waals surface area (Å²) < 4.78 is 1.07. The van der Waals surface area contributed by atoms with Crippen LogP contribution in [-0.2, 0) is 0 Å². The highest BCUT2D eigenvalue weighted by molar-refractivity contribution is 7.18. The first-order valence-corrected chi connectivity index (χ1v) is 6.93. The molecular weight excluding hydrogens is 246 g/mol. The molecule has 1 saturated heterocycles. The highest BCUT2D eigenvalue weighted by atomic mass is 32.1. The quantitative estimate of drug-likeness (QED) is 0.865. The second-order valence-corrected chi connectivity index (χ2v) is 5.81. The number of rotatable bonds is 2. The fourth-order valence-electron chi connectivity index (χ4n) is 2.23. The second kappa shape index (κ2) is 4.66. The van der Waals surface area contributed by atoms with Crippen molar-refractivity contribution in [3.63, 3.8) is 0 Å². The van der Waals surface area contributed by atoms with E-state index in [1.54, 1.807) is 11.3 Å². The summed E-state index contributed by atoms with van der Waals surface area (Å²) in [4.78, 5) is 16.5. The number of thiazole rings is 1. The lowest BCUT2D eigenvalue weighted by atomic mass is 10.2. The number of nitrogens with one attached hydrogen (secondary N) is 2. The number of carbonyl (C=O) groups is 1. The van der Waals surface area contributed by atoms with Crippen molar-refractivity contribution in [2.24, 2.45) is 0 Å². The summed E-state index contributed by atoms with van der Waals surface area (Å²) in [6.45, 7) is 3.83. The average Bonchev–Trinajstić information content (AvgIpc) is 2.95. The van der Waals surface area contributed by atoms with E-state index >= 15 is 0 Å². The van der Waals surface area contributed by atoms with Gasteiger partial charge in [0.15, 0.2) is 0 Å². The number of fused-ring (bicyclic) bond motifs is 1. The van der Waals surface area contributed by atoms with Gasteiger partial charge in [0.25, 0.3) is 5.91 Å². The van der Waals surface area contributed by atoms with Gasteiger partial charge in [-0.1, -0.05) is 0 Å². The van der Waals surface area contributed by atoms with Crippen molar-refractivity contribution in [1.82, 2.24) is 15.6 Å². The number of hydrogen-bond acceptors (Lipinski definition) is 4. The Balaban J connectivity index is 1.81. The molecule has 1 fully saturated rings. The molecule has 3 rings (SSSR count). The maximum Gasteiger partial charge on any atom is 0.251 e. The lowest BCUT2D eigenvalue weighted by Gasteiger charge is -2.11. The zero-order valence-corrected chi connectivity index (χ0v) is 11.0. The van der Waals surface area contributed by atoms with E-state index in [0.717, 1.165) is 40.3 Å². The van der Waals surface area contributed by atoms with Gasteiger partial charge in [-0.05, 0) is 38.1 Å². The van der Waals surface area contributed by atoms with E-state index < -0.39 is 0 Å². The molecule has 2 heterocycles. The Hall–Kier alpha value is -1.46. The van der Waals surface area contributed by atoms with Crippen molar-refractivity contribution in [1.29, 1.82) is 0 Å². The number of hydrogen-bond donors (Lipinski definition) is 2. The number of benzene rings is 1. The standard InChI is InChI=1S/C13H15N3OS/c1-8-15-11-3-2-9(6-12(11)18-8)13(17)16-10-4-5-14-7-10/h2-3,6,10,14H,4-5,7H2,1H3,(H,16,17). The Morgan fingerprint density at radius 2 is 2.44 bits per heavy atom. The predicted molar refractivity (Wildman–Crippen MR) is 73.1 cm³/mol. The van der Waals surface area contributed by atoms with Crippen molar-refractivity contribution in [2.45, 2.75) is 19.4 Å². The molecule has 1 aromatic heterocycles. The Morgan fingerprint density at radius 3 is 3.22 bits per heavy atom. The summed E-state index contributed by atoms with van der Waals surface area (Å²) in [5.41, 5.74) is 1.69. The van der Waals surface area contributed by atoms with Gasteiger partial charge < -0.3 is 10.6 Å². The van der Waals surface area contributed by atoms with Crippen LogP contribution in [0.1, 0.15) is 21.8 Å². The first-order chi connectivity index (χ1) is 8.72. The first-order valence-electron chi connectivity index (χ1n) is 6.11. The molecule has 4 nitrogen and oxygen atoms in total. The normalized spacial score (nSPS) is 19.3. The predicted octanol–water partition coefficient (Wildman–Crippen LogP) is 1.70. The van der Waals surface area contributed by atoms with Gasteiger partial charge in [0.2, 0.25) is 0 Å². The molecule has 0 saturated carbocycles. The Morgan fingerprint density at radius 1 is 1.56 bits per heavy atom. The minimum absolute atomic E-state index is 0.0108. The van der Waals surface area contributed by atoms with E-state index in [2.05, 4.69) is 15.6 Å². The van der Waals surface area contributed by atoms with E-state index in [9.17, 15) is 4.79 Å². The molecule has 1 aliphatic rings. The molecule has 18 heavy (non-hydrogen) atoms. The zero-order valence-electron chi connectivity index (χ0n) is 10.2. The molecule has 94 valence electrons. The maximum atomic E-state index is 12.1. The molecule has 1 aromatic carbocycles. The lowest BCUT2D eigenvalue weighted by molar-refractivity contribution is 0.0940. The smallest absolute Gasteiger partial charge is 0.251 e. The highest BCUT2D eigenvalue weighted by Crippen LogP contribution is 2.22. The fourth-order valence-corrected chi connectivity index (χ4v) is 3.09. The number of aromatic nitrogens is 1.